The van der Waals surface area contributed by atoms with Crippen molar-refractivity contribution in [2.24, 2.45) is 0 Å². The highest BCUT2D eigenvalue weighted by molar-refractivity contribution is 6.58. The van der Waals surface area contributed by atoms with Crippen LogP contribution in [0.2, 0.25) is 0 Å². The van der Waals surface area contributed by atoms with Gasteiger partial charge in [0, 0.05) is 0 Å². The van der Waals surface area contributed by atoms with E-state index in [-0.39, 0.29) is 0 Å². The van der Waals surface area contributed by atoms with Crippen LogP contribution in [-0.2, 0) is 0 Å². The Morgan fingerprint density at radius 1 is 1.00 bits per heavy atom. The van der Waals surface area contributed by atoms with Crippen molar-refractivity contribution < 1.29 is 14.8 Å². The smallest absolute Gasteiger partial charge is 0.488 e. The normalized spacial score (nSPS) is 14.9. The fraction of sp³-hybridized carbons (Fsp3) is 0.231. The van der Waals surface area contributed by atoms with E-state index in [9.17, 15) is 0 Å². The third-order valence-electron chi connectivity index (χ3n) is 2.96. The van der Waals surface area contributed by atoms with Crippen LogP contribution in [0.3, 0.4) is 0 Å². The number of rotatable bonds is 3. The molecule has 1 aliphatic carbocycles. The Labute approximate surface area is 99.8 Å². The lowest BCUT2D eigenvalue weighted by Gasteiger charge is -2.07. The van der Waals surface area contributed by atoms with Gasteiger partial charge in [-0.3, -0.25) is 0 Å². The molecule has 0 radical (unpaired) electrons. The van der Waals surface area contributed by atoms with E-state index >= 15 is 0 Å². The van der Waals surface area contributed by atoms with Gasteiger partial charge in [-0.2, -0.15) is 0 Å². The van der Waals surface area contributed by atoms with Gasteiger partial charge in [-0.15, -0.1) is 0 Å². The van der Waals surface area contributed by atoms with Crippen LogP contribution < -0.4 is 10.2 Å². The first-order chi connectivity index (χ1) is 8.22. The Hall–Kier alpha value is -1.52. The van der Waals surface area contributed by atoms with Gasteiger partial charge in [0.2, 0.25) is 0 Å². The summed E-state index contributed by atoms with van der Waals surface area (Å²) in [5, 5.41) is 20.2. The summed E-state index contributed by atoms with van der Waals surface area (Å²) in [6.45, 7) is 0. The van der Waals surface area contributed by atoms with Crippen LogP contribution in [0.15, 0.2) is 36.4 Å². The van der Waals surface area contributed by atoms with Gasteiger partial charge in [-0.25, -0.2) is 0 Å². The maximum atomic E-state index is 9.10. The first kappa shape index (κ1) is 10.6. The average molecular weight is 228 g/mol. The van der Waals surface area contributed by atoms with Crippen molar-refractivity contribution in [1.29, 1.82) is 0 Å². The second-order valence-electron chi connectivity index (χ2n) is 4.46. The van der Waals surface area contributed by atoms with Crippen molar-refractivity contribution in [1.82, 2.24) is 0 Å². The van der Waals surface area contributed by atoms with Crippen molar-refractivity contribution in [3.8, 4) is 5.75 Å². The molecule has 3 rings (SSSR count). The van der Waals surface area contributed by atoms with E-state index in [1.807, 2.05) is 24.3 Å². The third kappa shape index (κ3) is 2.28. The van der Waals surface area contributed by atoms with Crippen LogP contribution in [0.25, 0.3) is 10.8 Å². The van der Waals surface area contributed by atoms with Gasteiger partial charge >= 0.3 is 7.12 Å². The topological polar surface area (TPSA) is 49.7 Å². The minimum atomic E-state index is -1.42. The maximum Gasteiger partial charge on any atom is 0.488 e. The molecule has 0 bridgehead atoms. The Balaban J connectivity index is 1.96. The molecule has 4 heteroatoms. The summed E-state index contributed by atoms with van der Waals surface area (Å²) >= 11 is 0. The summed E-state index contributed by atoms with van der Waals surface area (Å²) < 4.78 is 5.71. The summed E-state index contributed by atoms with van der Waals surface area (Å²) in [7, 11) is -1.42. The van der Waals surface area contributed by atoms with Crippen LogP contribution in [0.4, 0.5) is 0 Å². The van der Waals surface area contributed by atoms with Crippen LogP contribution in [-0.4, -0.2) is 23.3 Å². The van der Waals surface area contributed by atoms with Gasteiger partial charge in [0.25, 0.3) is 0 Å². The Kier molecular flexibility index (Phi) is 2.54. The van der Waals surface area contributed by atoms with Crippen LogP contribution >= 0.6 is 0 Å². The molecule has 0 aromatic heterocycles. The lowest BCUT2D eigenvalue weighted by molar-refractivity contribution is 0.303. The zero-order chi connectivity index (χ0) is 11.8. The molecule has 1 fully saturated rings. The SMILES string of the molecule is OB(O)c1ccc2cc(OC3CC3)ccc2c1. The summed E-state index contributed by atoms with van der Waals surface area (Å²) in [6, 6.07) is 11.2. The van der Waals surface area contributed by atoms with E-state index in [2.05, 4.69) is 0 Å². The predicted octanol–water partition coefficient (Wildman–Crippen LogP) is 1.06. The molecule has 0 spiro atoms. The molecule has 86 valence electrons. The predicted molar refractivity (Wildman–Crippen MR) is 67.4 cm³/mol. The molecule has 0 aliphatic heterocycles. The maximum absolute atomic E-state index is 9.10. The molecule has 2 aromatic carbocycles. The van der Waals surface area contributed by atoms with Gasteiger partial charge in [0.1, 0.15) is 5.75 Å². The lowest BCUT2D eigenvalue weighted by Crippen LogP contribution is -2.29. The molecule has 2 aromatic rings. The molecule has 0 saturated heterocycles. The number of benzene rings is 2. The van der Waals surface area contributed by atoms with Crippen molar-refractivity contribution in [3.63, 3.8) is 0 Å². The molecule has 2 N–H and O–H groups in total. The number of hydrogen-bond acceptors (Lipinski definition) is 3. The molecule has 17 heavy (non-hydrogen) atoms. The first-order valence-corrected chi connectivity index (χ1v) is 5.79. The first-order valence-electron chi connectivity index (χ1n) is 5.79. The van der Waals surface area contributed by atoms with Crippen molar-refractivity contribution in [3.05, 3.63) is 36.4 Å². The van der Waals surface area contributed by atoms with E-state index in [0.29, 0.717) is 11.6 Å². The van der Waals surface area contributed by atoms with E-state index < -0.39 is 7.12 Å². The molecule has 0 amide bonds. The molecule has 1 aliphatic rings. The van der Waals surface area contributed by atoms with Crippen LogP contribution in [0.1, 0.15) is 12.8 Å². The second-order valence-corrected chi connectivity index (χ2v) is 4.46. The standard InChI is InChI=1S/C13H13BO3/c15-14(16)11-3-1-10-8-13(17-12-5-6-12)4-2-9(10)7-11/h1-4,7-8,12,15-16H,5-6H2. The number of hydrogen-bond donors (Lipinski definition) is 2. The van der Waals surface area contributed by atoms with Gasteiger partial charge < -0.3 is 14.8 Å². The molecule has 1 saturated carbocycles. The number of ether oxygens (including phenoxy) is 1. The van der Waals surface area contributed by atoms with Crippen molar-refractivity contribution >= 4 is 23.4 Å². The van der Waals surface area contributed by atoms with Gasteiger partial charge in [0.05, 0.1) is 6.10 Å². The number of fused-ring (bicyclic) bond motifs is 1. The quantitative estimate of drug-likeness (QED) is 0.772. The Morgan fingerprint density at radius 2 is 1.71 bits per heavy atom. The van der Waals surface area contributed by atoms with Gasteiger partial charge in [-0.05, 0) is 41.2 Å². The molecule has 0 unspecified atom stereocenters. The fourth-order valence-corrected chi connectivity index (χ4v) is 1.85. The minimum Gasteiger partial charge on any atom is -0.490 e. The zero-order valence-corrected chi connectivity index (χ0v) is 9.34. The summed E-state index contributed by atoms with van der Waals surface area (Å²) in [5.74, 6) is 0.886. The summed E-state index contributed by atoms with van der Waals surface area (Å²) in [5.41, 5.74) is 0.508. The van der Waals surface area contributed by atoms with Crippen LogP contribution in [0.5, 0.6) is 5.75 Å². The van der Waals surface area contributed by atoms with E-state index in [0.717, 1.165) is 29.4 Å². The Morgan fingerprint density at radius 3 is 2.41 bits per heavy atom. The van der Waals surface area contributed by atoms with E-state index in [4.69, 9.17) is 14.8 Å². The average Bonchev–Trinajstić information content (AvgIpc) is 3.12. The van der Waals surface area contributed by atoms with E-state index in [1.54, 1.807) is 12.1 Å². The van der Waals surface area contributed by atoms with Gasteiger partial charge in [0.15, 0.2) is 0 Å². The largest absolute Gasteiger partial charge is 0.490 e. The zero-order valence-electron chi connectivity index (χ0n) is 9.34. The van der Waals surface area contributed by atoms with Crippen molar-refractivity contribution in [2.75, 3.05) is 0 Å². The molecule has 0 atom stereocenters. The monoisotopic (exact) mass is 228 g/mol. The highest BCUT2D eigenvalue weighted by Crippen LogP contribution is 2.28. The lowest BCUT2D eigenvalue weighted by atomic mass is 9.79. The van der Waals surface area contributed by atoms with Crippen molar-refractivity contribution in [2.45, 2.75) is 18.9 Å². The molecular formula is C13H13BO3. The minimum absolute atomic E-state index is 0.394. The second kappa shape index (κ2) is 4.06. The summed E-state index contributed by atoms with van der Waals surface area (Å²) in [6.07, 6.45) is 2.69. The highest BCUT2D eigenvalue weighted by atomic mass is 16.5. The fourth-order valence-electron chi connectivity index (χ4n) is 1.85. The third-order valence-corrected chi connectivity index (χ3v) is 2.96. The molecular weight excluding hydrogens is 215 g/mol. The van der Waals surface area contributed by atoms with Crippen LogP contribution in [0, 0.1) is 0 Å². The summed E-state index contributed by atoms with van der Waals surface area (Å²) in [4.78, 5) is 0. The van der Waals surface area contributed by atoms with E-state index in [1.165, 1.54) is 0 Å². The highest BCUT2D eigenvalue weighted by Gasteiger charge is 2.23. The van der Waals surface area contributed by atoms with Gasteiger partial charge in [-0.1, -0.05) is 24.3 Å². The Bertz CT molecular complexity index is 549. The molecule has 0 heterocycles. The molecule has 3 nitrogen and oxygen atoms in total.